The SMILES string of the molecule is CC(=O)O[C@H]1[C@H](OCc2ccccc2)[C@H](OCc2ccccc2)CO[C@@H]1O. The van der Waals surface area contributed by atoms with Crippen molar-refractivity contribution >= 4 is 5.97 Å². The second kappa shape index (κ2) is 9.62. The number of carbonyl (C=O) groups excluding carboxylic acids is 1. The fourth-order valence-electron chi connectivity index (χ4n) is 2.96. The van der Waals surface area contributed by atoms with E-state index in [2.05, 4.69) is 0 Å². The van der Waals surface area contributed by atoms with Crippen molar-refractivity contribution in [3.05, 3.63) is 71.8 Å². The van der Waals surface area contributed by atoms with E-state index in [0.29, 0.717) is 13.2 Å². The van der Waals surface area contributed by atoms with Crippen LogP contribution < -0.4 is 0 Å². The Morgan fingerprint density at radius 1 is 0.963 bits per heavy atom. The molecule has 0 unspecified atom stereocenters. The van der Waals surface area contributed by atoms with E-state index in [9.17, 15) is 9.90 Å². The highest BCUT2D eigenvalue weighted by molar-refractivity contribution is 5.66. The average Bonchev–Trinajstić information content (AvgIpc) is 2.69. The normalized spacial score (nSPS) is 25.1. The number of esters is 1. The highest BCUT2D eigenvalue weighted by Gasteiger charge is 2.43. The van der Waals surface area contributed by atoms with Gasteiger partial charge in [-0.15, -0.1) is 0 Å². The molecule has 144 valence electrons. The minimum atomic E-state index is -1.26. The lowest BCUT2D eigenvalue weighted by molar-refractivity contribution is -0.278. The molecular formula is C21H24O6. The van der Waals surface area contributed by atoms with Crippen LogP contribution in [-0.4, -0.2) is 42.3 Å². The Hall–Kier alpha value is -2.25. The van der Waals surface area contributed by atoms with Crippen LogP contribution >= 0.6 is 0 Å². The molecule has 1 saturated heterocycles. The summed E-state index contributed by atoms with van der Waals surface area (Å²) in [7, 11) is 0. The molecule has 2 aromatic rings. The van der Waals surface area contributed by atoms with Gasteiger partial charge < -0.3 is 24.1 Å². The third kappa shape index (κ3) is 5.61. The van der Waals surface area contributed by atoms with Crippen molar-refractivity contribution in [2.45, 2.75) is 44.7 Å². The van der Waals surface area contributed by atoms with E-state index in [-0.39, 0.29) is 6.61 Å². The maximum atomic E-state index is 11.5. The molecule has 1 aliphatic heterocycles. The van der Waals surface area contributed by atoms with Crippen LogP contribution in [0.25, 0.3) is 0 Å². The van der Waals surface area contributed by atoms with Gasteiger partial charge in [-0.1, -0.05) is 60.7 Å². The van der Waals surface area contributed by atoms with Crippen LogP contribution in [0.1, 0.15) is 18.1 Å². The Morgan fingerprint density at radius 2 is 1.52 bits per heavy atom. The molecule has 0 amide bonds. The average molecular weight is 372 g/mol. The Morgan fingerprint density at radius 3 is 2.07 bits per heavy atom. The Balaban J connectivity index is 1.70. The first kappa shape index (κ1) is 19.5. The highest BCUT2D eigenvalue weighted by Crippen LogP contribution is 2.24. The smallest absolute Gasteiger partial charge is 0.303 e. The van der Waals surface area contributed by atoms with Crippen molar-refractivity contribution in [1.29, 1.82) is 0 Å². The standard InChI is InChI=1S/C21H24O6/c1-15(22)27-20-19(25-13-17-10-6-3-7-11-17)18(14-26-21(20)23)24-12-16-8-4-2-5-9-16/h2-11,18-21,23H,12-14H2,1H3/t18-,19-,20+,21+/m1/s1. The fraction of sp³-hybridized carbons (Fsp3) is 0.381. The number of hydrogen-bond donors (Lipinski definition) is 1. The van der Waals surface area contributed by atoms with Gasteiger partial charge in [-0.05, 0) is 11.1 Å². The second-order valence-electron chi connectivity index (χ2n) is 6.39. The molecule has 1 N–H and O–H groups in total. The van der Waals surface area contributed by atoms with E-state index in [1.807, 2.05) is 60.7 Å². The summed E-state index contributed by atoms with van der Waals surface area (Å²) in [4.78, 5) is 11.5. The quantitative estimate of drug-likeness (QED) is 0.753. The summed E-state index contributed by atoms with van der Waals surface area (Å²) < 4.78 is 22.6. The van der Waals surface area contributed by atoms with Gasteiger partial charge in [-0.25, -0.2) is 0 Å². The first-order valence-electron chi connectivity index (χ1n) is 8.91. The topological polar surface area (TPSA) is 74.2 Å². The largest absolute Gasteiger partial charge is 0.454 e. The highest BCUT2D eigenvalue weighted by atomic mass is 16.7. The molecule has 0 aromatic heterocycles. The molecule has 0 saturated carbocycles. The van der Waals surface area contributed by atoms with Crippen molar-refractivity contribution < 1.29 is 28.8 Å². The van der Waals surface area contributed by atoms with Gasteiger partial charge in [0.05, 0.1) is 19.8 Å². The van der Waals surface area contributed by atoms with Crippen molar-refractivity contribution in [1.82, 2.24) is 0 Å². The molecule has 0 aliphatic carbocycles. The first-order valence-corrected chi connectivity index (χ1v) is 8.91. The van der Waals surface area contributed by atoms with Crippen molar-refractivity contribution in [2.24, 2.45) is 0 Å². The zero-order valence-corrected chi connectivity index (χ0v) is 15.2. The number of aliphatic hydroxyl groups excluding tert-OH is 1. The maximum absolute atomic E-state index is 11.5. The van der Waals surface area contributed by atoms with Crippen molar-refractivity contribution in [3.63, 3.8) is 0 Å². The molecule has 0 radical (unpaired) electrons. The minimum absolute atomic E-state index is 0.144. The third-order valence-corrected chi connectivity index (χ3v) is 4.30. The molecule has 6 heteroatoms. The van der Waals surface area contributed by atoms with Gasteiger partial charge in [0.15, 0.2) is 12.4 Å². The number of benzene rings is 2. The van der Waals surface area contributed by atoms with Crippen LogP contribution in [-0.2, 0) is 37.0 Å². The summed E-state index contributed by atoms with van der Waals surface area (Å²) in [6.45, 7) is 2.10. The summed E-state index contributed by atoms with van der Waals surface area (Å²) in [6.07, 6.45) is -3.35. The Labute approximate surface area is 158 Å². The van der Waals surface area contributed by atoms with Crippen LogP contribution in [0.5, 0.6) is 0 Å². The van der Waals surface area contributed by atoms with E-state index >= 15 is 0 Å². The lowest BCUT2D eigenvalue weighted by Crippen LogP contribution is -2.56. The molecule has 0 spiro atoms. The van der Waals surface area contributed by atoms with Gasteiger partial charge in [-0.2, -0.15) is 0 Å². The fourth-order valence-corrected chi connectivity index (χ4v) is 2.96. The van der Waals surface area contributed by atoms with Gasteiger partial charge in [0, 0.05) is 6.92 Å². The minimum Gasteiger partial charge on any atom is -0.454 e. The monoisotopic (exact) mass is 372 g/mol. The lowest BCUT2D eigenvalue weighted by Gasteiger charge is -2.39. The van der Waals surface area contributed by atoms with Crippen LogP contribution in [0.2, 0.25) is 0 Å². The van der Waals surface area contributed by atoms with Crippen molar-refractivity contribution in [3.8, 4) is 0 Å². The van der Waals surface area contributed by atoms with E-state index < -0.39 is 30.6 Å². The van der Waals surface area contributed by atoms with E-state index in [1.165, 1.54) is 6.92 Å². The lowest BCUT2D eigenvalue weighted by atomic mass is 10.0. The number of aliphatic hydroxyl groups is 1. The zero-order valence-electron chi connectivity index (χ0n) is 15.2. The van der Waals surface area contributed by atoms with Crippen LogP contribution in [0.15, 0.2) is 60.7 Å². The van der Waals surface area contributed by atoms with Gasteiger partial charge in [-0.3, -0.25) is 4.79 Å². The molecule has 1 fully saturated rings. The summed E-state index contributed by atoms with van der Waals surface area (Å²) in [5, 5.41) is 10.2. The first-order chi connectivity index (χ1) is 13.1. The maximum Gasteiger partial charge on any atom is 0.303 e. The molecule has 1 heterocycles. The summed E-state index contributed by atoms with van der Waals surface area (Å²) in [5.41, 5.74) is 1.98. The third-order valence-electron chi connectivity index (χ3n) is 4.30. The number of rotatable bonds is 7. The molecule has 2 aromatic carbocycles. The molecule has 27 heavy (non-hydrogen) atoms. The summed E-state index contributed by atoms with van der Waals surface area (Å²) in [5.74, 6) is -0.514. The second-order valence-corrected chi connectivity index (χ2v) is 6.39. The van der Waals surface area contributed by atoms with E-state index in [4.69, 9.17) is 18.9 Å². The molecule has 4 atom stereocenters. The predicted molar refractivity (Wildman–Crippen MR) is 97.6 cm³/mol. The summed E-state index contributed by atoms with van der Waals surface area (Å²) >= 11 is 0. The van der Waals surface area contributed by atoms with Crippen molar-refractivity contribution in [2.75, 3.05) is 6.61 Å². The number of hydrogen-bond acceptors (Lipinski definition) is 6. The predicted octanol–water partition coefficient (Wildman–Crippen LogP) is 2.44. The molecular weight excluding hydrogens is 348 g/mol. The van der Waals surface area contributed by atoms with Gasteiger partial charge in [0.25, 0.3) is 0 Å². The van der Waals surface area contributed by atoms with Crippen LogP contribution in [0.4, 0.5) is 0 Å². The number of ether oxygens (including phenoxy) is 4. The molecule has 1 aliphatic rings. The van der Waals surface area contributed by atoms with Crippen LogP contribution in [0, 0.1) is 0 Å². The van der Waals surface area contributed by atoms with E-state index in [1.54, 1.807) is 0 Å². The summed E-state index contributed by atoms with van der Waals surface area (Å²) in [6, 6.07) is 19.4. The van der Waals surface area contributed by atoms with Gasteiger partial charge >= 0.3 is 5.97 Å². The molecule has 3 rings (SSSR count). The Bertz CT molecular complexity index is 705. The van der Waals surface area contributed by atoms with Crippen LogP contribution in [0.3, 0.4) is 0 Å². The zero-order chi connectivity index (χ0) is 19.1. The molecule has 6 nitrogen and oxygen atoms in total. The molecule has 0 bridgehead atoms. The van der Waals surface area contributed by atoms with E-state index in [0.717, 1.165) is 11.1 Å². The van der Waals surface area contributed by atoms with Gasteiger partial charge in [0.1, 0.15) is 12.2 Å². The van der Waals surface area contributed by atoms with Gasteiger partial charge in [0.2, 0.25) is 0 Å². The Kier molecular flexibility index (Phi) is 6.95. The number of carbonyl (C=O) groups is 1.